The Balaban J connectivity index is 1.84. The van der Waals surface area contributed by atoms with Gasteiger partial charge in [0, 0.05) is 23.3 Å². The zero-order valence-electron chi connectivity index (χ0n) is 20.0. The minimum atomic E-state index is -0.610. The number of unbranched alkanes of at least 4 members (excludes halogenated alkanes) is 2. The molecule has 2 aromatic carbocycles. The lowest BCUT2D eigenvalue weighted by Crippen LogP contribution is -2.58. The summed E-state index contributed by atoms with van der Waals surface area (Å²) in [5.41, 5.74) is 2.54. The third-order valence-corrected chi connectivity index (χ3v) is 6.51. The standard InChI is InChI=1S/C26H30N4O3S/c1-5-6-9-16-34-26-27-24(32)23-21-10-7-8-11-22(21)29(18(4)31)25(30(23)28-26)19-12-14-20(15-13-19)33-17(2)3/h7-8,10-15,17,25H,5-6,9,16H2,1-4H3. The second-order valence-electron chi connectivity index (χ2n) is 8.56. The van der Waals surface area contributed by atoms with Crippen molar-refractivity contribution in [3.63, 3.8) is 0 Å². The molecule has 1 aliphatic rings. The Morgan fingerprint density at radius 1 is 1.18 bits per heavy atom. The number of anilines is 1. The van der Waals surface area contributed by atoms with Crippen molar-refractivity contribution in [2.45, 2.75) is 64.4 Å². The number of thioether (sulfide) groups is 1. The first-order chi connectivity index (χ1) is 16.4. The van der Waals surface area contributed by atoms with Gasteiger partial charge in [0.15, 0.2) is 0 Å². The van der Waals surface area contributed by atoms with E-state index in [1.54, 1.807) is 9.58 Å². The maximum atomic E-state index is 13.3. The van der Waals surface area contributed by atoms with Gasteiger partial charge < -0.3 is 9.84 Å². The number of amides is 1. The Morgan fingerprint density at radius 3 is 2.59 bits per heavy atom. The van der Waals surface area contributed by atoms with Crippen molar-refractivity contribution in [2.24, 2.45) is 0 Å². The van der Waals surface area contributed by atoms with Crippen LogP contribution in [0.2, 0.25) is 0 Å². The van der Waals surface area contributed by atoms with Gasteiger partial charge in [-0.15, -0.1) is 0 Å². The number of carbonyl (C=O) groups excluding carboxylic acids is 1. The summed E-state index contributed by atoms with van der Waals surface area (Å²) >= 11 is 1.48. The van der Waals surface area contributed by atoms with Crippen LogP contribution in [0.25, 0.3) is 11.3 Å². The van der Waals surface area contributed by atoms with Crippen LogP contribution >= 0.6 is 11.8 Å². The van der Waals surface area contributed by atoms with Crippen molar-refractivity contribution in [1.82, 2.24) is 10.1 Å². The molecule has 8 heteroatoms. The molecule has 0 bridgehead atoms. The fourth-order valence-electron chi connectivity index (χ4n) is 4.14. The molecule has 1 atom stereocenters. The molecule has 0 N–H and O–H groups in total. The minimum absolute atomic E-state index is 0.0549. The van der Waals surface area contributed by atoms with E-state index in [4.69, 9.17) is 9.84 Å². The molecule has 2 heterocycles. The smallest absolute Gasteiger partial charge is 0.293 e. The lowest BCUT2D eigenvalue weighted by Gasteiger charge is -2.32. The highest BCUT2D eigenvalue weighted by Gasteiger charge is 2.43. The maximum Gasteiger partial charge on any atom is 0.293 e. The lowest BCUT2D eigenvalue weighted by atomic mass is 10.0. The molecule has 178 valence electrons. The molecule has 3 aromatic rings. The van der Waals surface area contributed by atoms with Crippen molar-refractivity contribution in [3.05, 3.63) is 54.1 Å². The molecule has 0 radical (unpaired) electrons. The van der Waals surface area contributed by atoms with Crippen molar-refractivity contribution in [2.75, 3.05) is 10.7 Å². The van der Waals surface area contributed by atoms with Crippen molar-refractivity contribution >= 4 is 23.4 Å². The highest BCUT2D eigenvalue weighted by atomic mass is 32.2. The molecule has 0 aliphatic carbocycles. The number of aromatic nitrogens is 3. The quantitative estimate of drug-likeness (QED) is 0.270. The van der Waals surface area contributed by atoms with Crippen LogP contribution in [0.3, 0.4) is 0 Å². The molecule has 1 amide bonds. The van der Waals surface area contributed by atoms with Crippen LogP contribution < -0.4 is 19.4 Å². The van der Waals surface area contributed by atoms with Gasteiger partial charge in [-0.1, -0.05) is 48.3 Å². The molecular formula is C26H30N4O3S. The van der Waals surface area contributed by atoms with E-state index in [1.165, 1.54) is 18.7 Å². The van der Waals surface area contributed by atoms with Gasteiger partial charge in [0.1, 0.15) is 5.75 Å². The summed E-state index contributed by atoms with van der Waals surface area (Å²) in [4.78, 5) is 18.9. The molecule has 0 saturated carbocycles. The van der Waals surface area contributed by atoms with E-state index in [9.17, 15) is 9.90 Å². The molecule has 0 fully saturated rings. The fraction of sp³-hybridized carbons (Fsp3) is 0.385. The minimum Gasteiger partial charge on any atom is -0.854 e. The third-order valence-electron chi connectivity index (χ3n) is 5.59. The van der Waals surface area contributed by atoms with Crippen molar-refractivity contribution < 1.29 is 19.3 Å². The zero-order chi connectivity index (χ0) is 24.2. The molecule has 1 unspecified atom stereocenters. The van der Waals surface area contributed by atoms with Gasteiger partial charge >= 0.3 is 0 Å². The first kappa shape index (κ1) is 24.0. The Morgan fingerprint density at radius 2 is 1.91 bits per heavy atom. The fourth-order valence-corrected chi connectivity index (χ4v) is 4.97. The molecule has 1 aromatic heterocycles. The van der Waals surface area contributed by atoms with Crippen molar-refractivity contribution in [3.8, 4) is 22.9 Å². The number of carbonyl (C=O) groups is 1. The zero-order valence-corrected chi connectivity index (χ0v) is 20.8. The summed E-state index contributed by atoms with van der Waals surface area (Å²) in [6.07, 6.45) is 2.72. The highest BCUT2D eigenvalue weighted by molar-refractivity contribution is 7.99. The Kier molecular flexibility index (Phi) is 7.36. The van der Waals surface area contributed by atoms with Gasteiger partial charge in [0.25, 0.3) is 17.0 Å². The summed E-state index contributed by atoms with van der Waals surface area (Å²) in [5.74, 6) is 1.11. The molecule has 4 rings (SSSR count). The van der Waals surface area contributed by atoms with Crippen LogP contribution in [0.1, 0.15) is 58.7 Å². The number of benzene rings is 2. The number of ether oxygens (including phenoxy) is 1. The SMILES string of the molecule is CCCCCSc1nc([O-])c2[n+](n1)C(c1ccc(OC(C)C)cc1)N(C(C)=O)c1ccccc1-2. The maximum absolute atomic E-state index is 13.3. The van der Waals surface area contributed by atoms with E-state index < -0.39 is 6.17 Å². The monoisotopic (exact) mass is 478 g/mol. The second-order valence-corrected chi connectivity index (χ2v) is 9.63. The van der Waals surface area contributed by atoms with Crippen LogP contribution in [0.5, 0.6) is 11.6 Å². The van der Waals surface area contributed by atoms with Crippen LogP contribution in [0.15, 0.2) is 53.7 Å². The van der Waals surface area contributed by atoms with Crippen molar-refractivity contribution in [1.29, 1.82) is 0 Å². The summed E-state index contributed by atoms with van der Waals surface area (Å²) in [5, 5.41) is 18.5. The Bertz CT molecular complexity index is 1170. The molecule has 0 spiro atoms. The number of hydrogen-bond acceptors (Lipinski definition) is 6. The van der Waals surface area contributed by atoms with E-state index in [-0.39, 0.29) is 17.9 Å². The van der Waals surface area contributed by atoms with Gasteiger partial charge in [0.2, 0.25) is 5.91 Å². The third kappa shape index (κ3) is 4.87. The molecule has 7 nitrogen and oxygen atoms in total. The average molecular weight is 479 g/mol. The van der Waals surface area contributed by atoms with Gasteiger partial charge in [-0.2, -0.15) is 0 Å². The predicted molar refractivity (Wildman–Crippen MR) is 131 cm³/mol. The first-order valence-corrected chi connectivity index (χ1v) is 12.7. The second kappa shape index (κ2) is 10.4. The molecule has 1 aliphatic heterocycles. The van der Waals surface area contributed by atoms with Crippen LogP contribution in [-0.2, 0) is 4.79 Å². The number of nitrogens with zero attached hydrogens (tertiary/aromatic N) is 4. The number of hydrogen-bond donors (Lipinski definition) is 0. The lowest BCUT2D eigenvalue weighted by molar-refractivity contribution is -0.764. The summed E-state index contributed by atoms with van der Waals surface area (Å²) < 4.78 is 7.46. The van der Waals surface area contributed by atoms with E-state index >= 15 is 0 Å². The molecule has 0 saturated heterocycles. The van der Waals surface area contributed by atoms with E-state index in [0.29, 0.717) is 22.1 Å². The molecule has 34 heavy (non-hydrogen) atoms. The number of fused-ring (bicyclic) bond motifs is 3. The van der Waals surface area contributed by atoms with Gasteiger partial charge in [-0.3, -0.25) is 4.79 Å². The summed E-state index contributed by atoms with van der Waals surface area (Å²) in [6, 6.07) is 15.0. The van der Waals surface area contributed by atoms with Crippen LogP contribution in [0, 0.1) is 0 Å². The van der Waals surface area contributed by atoms with E-state index in [2.05, 4.69) is 11.9 Å². The Hall–Kier alpha value is -3.13. The number of para-hydroxylation sites is 1. The van der Waals surface area contributed by atoms with E-state index in [1.807, 2.05) is 62.4 Å². The van der Waals surface area contributed by atoms with Gasteiger partial charge in [-0.05, 0) is 56.7 Å². The normalized spacial score (nSPS) is 14.6. The van der Waals surface area contributed by atoms with Gasteiger partial charge in [0.05, 0.1) is 23.2 Å². The topological polar surface area (TPSA) is 82.3 Å². The molecular weight excluding hydrogens is 448 g/mol. The van der Waals surface area contributed by atoms with Gasteiger partial charge in [-0.25, -0.2) is 9.88 Å². The van der Waals surface area contributed by atoms with Crippen LogP contribution in [-0.4, -0.2) is 27.8 Å². The predicted octanol–water partition coefficient (Wildman–Crippen LogP) is 4.49. The summed E-state index contributed by atoms with van der Waals surface area (Å²) in [7, 11) is 0. The average Bonchev–Trinajstić information content (AvgIpc) is 2.81. The first-order valence-electron chi connectivity index (χ1n) is 11.7. The van der Waals surface area contributed by atoms with E-state index in [0.717, 1.165) is 36.3 Å². The van der Waals surface area contributed by atoms with Crippen LogP contribution in [0.4, 0.5) is 5.69 Å². The highest BCUT2D eigenvalue weighted by Crippen LogP contribution is 2.41. The largest absolute Gasteiger partial charge is 0.854 e. The number of rotatable bonds is 8. The Labute approximate surface area is 204 Å². The summed E-state index contributed by atoms with van der Waals surface area (Å²) in [6.45, 7) is 7.64.